The van der Waals surface area contributed by atoms with Gasteiger partial charge in [0.15, 0.2) is 0 Å². The van der Waals surface area contributed by atoms with Crippen LogP contribution in [0.3, 0.4) is 0 Å². The number of carboxylic acids is 1. The highest BCUT2D eigenvalue weighted by atomic mass is 19.1. The second kappa shape index (κ2) is 6.43. The summed E-state index contributed by atoms with van der Waals surface area (Å²) in [7, 11) is 0. The van der Waals surface area contributed by atoms with Gasteiger partial charge in [-0.3, -0.25) is 9.59 Å². The second-order valence-electron chi connectivity index (χ2n) is 8.24. The van der Waals surface area contributed by atoms with Crippen molar-refractivity contribution in [3.63, 3.8) is 0 Å². The molecule has 0 spiro atoms. The molecular weight excluding hydrogens is 321 g/mol. The first kappa shape index (κ1) is 17.9. The van der Waals surface area contributed by atoms with Gasteiger partial charge < -0.3 is 10.4 Å². The third kappa shape index (κ3) is 3.29. The highest BCUT2D eigenvalue weighted by Crippen LogP contribution is 2.64. The molecule has 3 rings (SSSR count). The smallest absolute Gasteiger partial charge is 0.306 e. The molecule has 2 aliphatic rings. The minimum Gasteiger partial charge on any atom is -0.481 e. The van der Waals surface area contributed by atoms with Crippen molar-refractivity contribution in [2.75, 3.05) is 6.54 Å². The summed E-state index contributed by atoms with van der Waals surface area (Å²) in [6.45, 7) is 4.71. The zero-order valence-corrected chi connectivity index (χ0v) is 14.8. The largest absolute Gasteiger partial charge is 0.481 e. The molecule has 1 aromatic carbocycles. The monoisotopic (exact) mass is 347 g/mol. The zero-order valence-electron chi connectivity index (χ0n) is 14.8. The summed E-state index contributed by atoms with van der Waals surface area (Å²) in [6.07, 6.45) is 3.80. The second-order valence-corrected chi connectivity index (χ2v) is 8.24. The van der Waals surface area contributed by atoms with Crippen LogP contribution in [0.15, 0.2) is 24.3 Å². The summed E-state index contributed by atoms with van der Waals surface area (Å²) in [4.78, 5) is 24.0. The normalized spacial score (nSPS) is 30.5. The number of benzene rings is 1. The fourth-order valence-corrected chi connectivity index (χ4v) is 4.37. The van der Waals surface area contributed by atoms with E-state index in [0.29, 0.717) is 25.3 Å². The first-order chi connectivity index (χ1) is 11.8. The molecule has 5 heteroatoms. The quantitative estimate of drug-likeness (QED) is 0.857. The van der Waals surface area contributed by atoms with Crippen LogP contribution in [0.1, 0.15) is 51.5 Å². The van der Waals surface area contributed by atoms with Gasteiger partial charge in [0.05, 0.1) is 11.3 Å². The van der Waals surface area contributed by atoms with Crippen LogP contribution in [-0.2, 0) is 15.0 Å². The van der Waals surface area contributed by atoms with Gasteiger partial charge in [-0.1, -0.05) is 26.0 Å². The van der Waals surface area contributed by atoms with Crippen molar-refractivity contribution >= 4 is 11.9 Å². The van der Waals surface area contributed by atoms with E-state index in [1.165, 1.54) is 12.1 Å². The lowest BCUT2D eigenvalue weighted by molar-refractivity contribution is -0.143. The maximum atomic E-state index is 13.2. The number of amides is 1. The van der Waals surface area contributed by atoms with Gasteiger partial charge in [-0.25, -0.2) is 4.39 Å². The topological polar surface area (TPSA) is 66.4 Å². The molecule has 0 unspecified atom stereocenters. The van der Waals surface area contributed by atoms with Crippen LogP contribution in [0.4, 0.5) is 4.39 Å². The van der Waals surface area contributed by atoms with E-state index in [1.807, 2.05) is 0 Å². The molecule has 2 aliphatic carbocycles. The molecule has 0 saturated heterocycles. The third-order valence-corrected chi connectivity index (χ3v) is 6.21. The molecule has 2 fully saturated rings. The van der Waals surface area contributed by atoms with E-state index >= 15 is 0 Å². The van der Waals surface area contributed by atoms with E-state index in [9.17, 15) is 14.0 Å². The summed E-state index contributed by atoms with van der Waals surface area (Å²) < 4.78 is 13.2. The number of carboxylic acid groups (broad SMARTS) is 1. The van der Waals surface area contributed by atoms with Gasteiger partial charge in [0.2, 0.25) is 5.91 Å². The van der Waals surface area contributed by atoms with Crippen LogP contribution in [-0.4, -0.2) is 23.5 Å². The molecule has 136 valence electrons. The van der Waals surface area contributed by atoms with E-state index in [2.05, 4.69) is 19.2 Å². The van der Waals surface area contributed by atoms with Gasteiger partial charge in [0.1, 0.15) is 5.82 Å². The molecule has 1 aromatic rings. The molecular formula is C20H26FNO3. The van der Waals surface area contributed by atoms with Gasteiger partial charge in [-0.2, -0.15) is 0 Å². The number of halogens is 1. The highest BCUT2D eigenvalue weighted by Gasteiger charge is 2.67. The van der Waals surface area contributed by atoms with Crippen molar-refractivity contribution in [2.45, 2.75) is 51.4 Å². The number of carbonyl (C=O) groups is 2. The van der Waals surface area contributed by atoms with Crippen molar-refractivity contribution in [2.24, 2.45) is 17.3 Å². The molecule has 0 radical (unpaired) electrons. The maximum absolute atomic E-state index is 13.2. The van der Waals surface area contributed by atoms with Gasteiger partial charge in [0.25, 0.3) is 0 Å². The molecule has 1 amide bonds. The Kier molecular flexibility index (Phi) is 4.60. The van der Waals surface area contributed by atoms with Crippen LogP contribution in [0, 0.1) is 23.1 Å². The Hall–Kier alpha value is -1.91. The maximum Gasteiger partial charge on any atom is 0.306 e. The first-order valence-corrected chi connectivity index (χ1v) is 9.03. The lowest BCUT2D eigenvalue weighted by atomic mass is 9.81. The van der Waals surface area contributed by atoms with Crippen LogP contribution in [0.25, 0.3) is 0 Å². The summed E-state index contributed by atoms with van der Waals surface area (Å²) in [5.74, 6) is -0.901. The Bertz CT molecular complexity index is 662. The SMILES string of the molecule is CC1(C)C[C@]1(C(=O)NCC1CCC(C(=O)O)CC1)c1ccc(F)cc1. The number of rotatable bonds is 5. The van der Waals surface area contributed by atoms with Gasteiger partial charge in [-0.15, -0.1) is 0 Å². The lowest BCUT2D eigenvalue weighted by Crippen LogP contribution is -2.40. The van der Waals surface area contributed by atoms with E-state index in [1.54, 1.807) is 12.1 Å². The number of aliphatic carboxylic acids is 1. The number of hydrogen-bond acceptors (Lipinski definition) is 2. The minimum absolute atomic E-state index is 0.00414. The Morgan fingerprint density at radius 1 is 1.16 bits per heavy atom. The Morgan fingerprint density at radius 2 is 1.72 bits per heavy atom. The van der Waals surface area contributed by atoms with Gasteiger partial charge in [0, 0.05) is 6.54 Å². The van der Waals surface area contributed by atoms with Crippen molar-refractivity contribution in [1.82, 2.24) is 5.32 Å². The zero-order chi connectivity index (χ0) is 18.2. The molecule has 0 bridgehead atoms. The predicted molar refractivity (Wildman–Crippen MR) is 92.6 cm³/mol. The average Bonchev–Trinajstić information content (AvgIpc) is 3.17. The van der Waals surface area contributed by atoms with Crippen LogP contribution >= 0.6 is 0 Å². The predicted octanol–water partition coefficient (Wildman–Crippen LogP) is 3.50. The molecule has 2 saturated carbocycles. The van der Waals surface area contributed by atoms with Crippen molar-refractivity contribution in [1.29, 1.82) is 0 Å². The molecule has 4 nitrogen and oxygen atoms in total. The Labute approximate surface area is 147 Å². The highest BCUT2D eigenvalue weighted by molar-refractivity contribution is 5.93. The third-order valence-electron chi connectivity index (χ3n) is 6.21. The van der Waals surface area contributed by atoms with E-state index in [0.717, 1.165) is 24.8 Å². The molecule has 0 aromatic heterocycles. The summed E-state index contributed by atoms with van der Waals surface area (Å²) >= 11 is 0. The van der Waals surface area contributed by atoms with E-state index in [4.69, 9.17) is 5.11 Å². The van der Waals surface area contributed by atoms with Gasteiger partial charge in [-0.05, 0) is 61.1 Å². The number of hydrogen-bond donors (Lipinski definition) is 2. The van der Waals surface area contributed by atoms with Crippen molar-refractivity contribution in [3.05, 3.63) is 35.6 Å². The minimum atomic E-state index is -0.711. The lowest BCUT2D eigenvalue weighted by Gasteiger charge is -2.27. The standard InChI is InChI=1S/C20H26FNO3/c1-19(2)12-20(19,15-7-9-16(21)10-8-15)18(25)22-11-13-3-5-14(6-4-13)17(23)24/h7-10,13-14H,3-6,11-12H2,1-2H3,(H,22,25)(H,23,24)/t13?,14?,20-/m1/s1. The number of carbonyl (C=O) groups excluding carboxylic acids is 1. The van der Waals surface area contributed by atoms with Crippen molar-refractivity contribution < 1.29 is 19.1 Å². The number of nitrogens with one attached hydrogen (secondary N) is 1. The molecule has 2 N–H and O–H groups in total. The molecule has 25 heavy (non-hydrogen) atoms. The molecule has 0 aliphatic heterocycles. The Balaban J connectivity index is 1.62. The van der Waals surface area contributed by atoms with Crippen LogP contribution in [0.2, 0.25) is 0 Å². The van der Waals surface area contributed by atoms with Crippen molar-refractivity contribution in [3.8, 4) is 0 Å². The van der Waals surface area contributed by atoms with Crippen LogP contribution in [0.5, 0.6) is 0 Å². The Morgan fingerprint density at radius 3 is 2.20 bits per heavy atom. The molecule has 0 heterocycles. The molecule has 1 atom stereocenters. The average molecular weight is 347 g/mol. The van der Waals surface area contributed by atoms with E-state index in [-0.39, 0.29) is 23.1 Å². The fraction of sp³-hybridized carbons (Fsp3) is 0.600. The fourth-order valence-electron chi connectivity index (χ4n) is 4.37. The summed E-state index contributed by atoms with van der Waals surface area (Å²) in [6, 6.07) is 6.24. The summed E-state index contributed by atoms with van der Waals surface area (Å²) in [5, 5.41) is 12.2. The van der Waals surface area contributed by atoms with Gasteiger partial charge >= 0.3 is 5.97 Å². The van der Waals surface area contributed by atoms with Crippen LogP contribution < -0.4 is 5.32 Å². The van der Waals surface area contributed by atoms with E-state index < -0.39 is 11.4 Å². The first-order valence-electron chi connectivity index (χ1n) is 9.03. The summed E-state index contributed by atoms with van der Waals surface area (Å²) in [5.41, 5.74) is 0.139.